The Hall–Kier alpha value is -5.62. The lowest BCUT2D eigenvalue weighted by molar-refractivity contribution is -0.268. The number of aliphatic hydroxyl groups excluding tert-OH is 5. The van der Waals surface area contributed by atoms with Crippen LogP contribution in [-0.2, 0) is 34.6 Å². The Labute approximate surface area is 375 Å². The highest BCUT2D eigenvalue weighted by molar-refractivity contribution is 6.31. The average molecular weight is 894 g/mol. The molecule has 1 saturated heterocycles. The second-order valence-electron chi connectivity index (χ2n) is 17.2. The molecule has 4 aromatic rings. The molecule has 0 spiro atoms. The van der Waals surface area contributed by atoms with Crippen molar-refractivity contribution in [3.8, 4) is 17.2 Å². The van der Waals surface area contributed by atoms with Crippen LogP contribution in [0.2, 0.25) is 0 Å². The number of phenolic OH excluding ortho intramolecular Hbond substituents is 1. The Morgan fingerprint density at radius 2 is 1.65 bits per heavy atom. The molecule has 0 amide bonds. The Morgan fingerprint density at radius 1 is 0.908 bits per heavy atom. The minimum Gasteiger partial charge on any atom is -0.507 e. The molecular formula is C50H55NO14. The van der Waals surface area contributed by atoms with Gasteiger partial charge in [0.15, 0.2) is 17.9 Å². The fourth-order valence-electron chi connectivity index (χ4n) is 9.26. The molecule has 9 N–H and O–H groups in total. The number of hydrogen-bond donors (Lipinski definition) is 8. The topological polar surface area (TPSA) is 264 Å². The van der Waals surface area contributed by atoms with Crippen LogP contribution >= 0.6 is 0 Å². The molecule has 4 aromatic carbocycles. The van der Waals surface area contributed by atoms with E-state index in [2.05, 4.69) is 0 Å². The van der Waals surface area contributed by atoms with Crippen LogP contribution in [0.5, 0.6) is 17.2 Å². The van der Waals surface area contributed by atoms with Gasteiger partial charge in [-0.2, -0.15) is 0 Å². The number of ketones is 2. The summed E-state index contributed by atoms with van der Waals surface area (Å²) in [5.74, 6) is -3.63. The third-order valence-electron chi connectivity index (χ3n) is 12.6. The van der Waals surface area contributed by atoms with Crippen molar-refractivity contribution in [1.82, 2.24) is 0 Å². The van der Waals surface area contributed by atoms with Crippen molar-refractivity contribution >= 4 is 36.0 Å². The molecule has 0 unspecified atom stereocenters. The lowest BCUT2D eigenvalue weighted by atomic mass is 9.76. The van der Waals surface area contributed by atoms with Gasteiger partial charge in [0.25, 0.3) is 0 Å². The number of aldehydes is 1. The minimum absolute atomic E-state index is 0.000809. The summed E-state index contributed by atoms with van der Waals surface area (Å²) in [5, 5.41) is 77.3. The van der Waals surface area contributed by atoms with Crippen molar-refractivity contribution in [2.24, 2.45) is 5.73 Å². The van der Waals surface area contributed by atoms with Crippen LogP contribution in [0.25, 0.3) is 12.2 Å². The molecule has 0 bridgehead atoms. The smallest absolute Gasteiger partial charge is 0.308 e. The van der Waals surface area contributed by atoms with Crippen molar-refractivity contribution in [2.45, 2.75) is 121 Å². The van der Waals surface area contributed by atoms with E-state index in [1.54, 1.807) is 36.4 Å². The first kappa shape index (κ1) is 47.3. The lowest BCUT2D eigenvalue weighted by Gasteiger charge is -2.39. The van der Waals surface area contributed by atoms with Gasteiger partial charge in [-0.05, 0) is 91.6 Å². The summed E-state index contributed by atoms with van der Waals surface area (Å²) in [5.41, 5.74) is 5.08. The Bertz CT molecular complexity index is 2510. The summed E-state index contributed by atoms with van der Waals surface area (Å²) in [4.78, 5) is 55.3. The number of hydrogen-bond acceptors (Lipinski definition) is 15. The molecule has 1 heterocycles. The van der Waals surface area contributed by atoms with Crippen LogP contribution in [0.15, 0.2) is 54.6 Å². The van der Waals surface area contributed by atoms with Crippen LogP contribution in [0.4, 0.5) is 0 Å². The fraction of sp³-hybridized carbons (Fsp3) is 0.400. The average Bonchev–Trinajstić information content (AvgIpc) is 3.28. The second-order valence-corrected chi connectivity index (χ2v) is 17.2. The van der Waals surface area contributed by atoms with Crippen LogP contribution in [0.1, 0.15) is 140 Å². The van der Waals surface area contributed by atoms with Crippen LogP contribution < -0.4 is 15.2 Å². The summed E-state index contributed by atoms with van der Waals surface area (Å²) >= 11 is 0. The van der Waals surface area contributed by atoms with Gasteiger partial charge in [-0.3, -0.25) is 19.2 Å². The zero-order valence-electron chi connectivity index (χ0n) is 36.2. The maximum atomic E-state index is 15.0. The number of aromatic hydroxyl groups is 1. The van der Waals surface area contributed by atoms with E-state index in [0.717, 1.165) is 31.7 Å². The quantitative estimate of drug-likeness (QED) is 0.0318. The third-order valence-corrected chi connectivity index (χ3v) is 12.6. The van der Waals surface area contributed by atoms with Gasteiger partial charge in [0, 0.05) is 46.7 Å². The molecule has 15 nitrogen and oxygen atoms in total. The SMILES string of the molecule is CC(=O)Oc1cc(CO)c2c(c1/C=C\c1cccc(C[C@H](O)CCCN)c1)C(=O)c1cc(O[C@H]3O[C@@H](C)[C@@H](O)[C@@H](O)[C@H]3O)c(Cc3cccc(C4(O)CCCCC4)c3C=O)c(O)c1C2=O. The van der Waals surface area contributed by atoms with Crippen molar-refractivity contribution in [1.29, 1.82) is 0 Å². The normalized spacial score (nSPS) is 22.0. The van der Waals surface area contributed by atoms with E-state index in [-0.39, 0.29) is 56.9 Å². The molecule has 344 valence electrons. The number of phenols is 1. The molecule has 65 heavy (non-hydrogen) atoms. The number of carbonyl (C=O) groups is 4. The van der Waals surface area contributed by atoms with Gasteiger partial charge in [-0.15, -0.1) is 0 Å². The number of benzene rings is 4. The third kappa shape index (κ3) is 9.55. The van der Waals surface area contributed by atoms with E-state index in [9.17, 15) is 50.1 Å². The van der Waals surface area contributed by atoms with E-state index in [1.165, 1.54) is 25.1 Å². The number of ether oxygens (including phenoxy) is 3. The summed E-state index contributed by atoms with van der Waals surface area (Å²) in [6.07, 6.45) is -0.202. The number of nitrogens with two attached hydrogens (primary N) is 1. The highest BCUT2D eigenvalue weighted by atomic mass is 16.7. The van der Waals surface area contributed by atoms with Crippen molar-refractivity contribution in [3.05, 3.63) is 121 Å². The van der Waals surface area contributed by atoms with Crippen molar-refractivity contribution < 1.29 is 69.1 Å². The van der Waals surface area contributed by atoms with Gasteiger partial charge in [0.1, 0.15) is 35.6 Å². The fourth-order valence-corrected chi connectivity index (χ4v) is 9.26. The Balaban J connectivity index is 1.39. The zero-order chi connectivity index (χ0) is 46.7. The first-order valence-electron chi connectivity index (χ1n) is 21.9. The van der Waals surface area contributed by atoms with Gasteiger partial charge in [-0.25, -0.2) is 0 Å². The van der Waals surface area contributed by atoms with Gasteiger partial charge in [-0.1, -0.05) is 67.8 Å². The molecule has 7 rings (SSSR count). The lowest BCUT2D eigenvalue weighted by Crippen LogP contribution is -2.58. The van der Waals surface area contributed by atoms with Gasteiger partial charge < -0.3 is 55.7 Å². The number of aliphatic hydroxyl groups is 6. The zero-order valence-corrected chi connectivity index (χ0v) is 36.2. The van der Waals surface area contributed by atoms with Crippen LogP contribution in [0.3, 0.4) is 0 Å². The Morgan fingerprint density at radius 3 is 2.34 bits per heavy atom. The second kappa shape index (κ2) is 19.9. The maximum Gasteiger partial charge on any atom is 0.308 e. The number of fused-ring (bicyclic) bond motifs is 2. The summed E-state index contributed by atoms with van der Waals surface area (Å²) < 4.78 is 17.5. The number of carbonyl (C=O) groups excluding carboxylic acids is 4. The molecule has 2 fully saturated rings. The van der Waals surface area contributed by atoms with Gasteiger partial charge in [0.05, 0.1) is 30.0 Å². The number of rotatable bonds is 15. The van der Waals surface area contributed by atoms with Gasteiger partial charge in [0.2, 0.25) is 6.29 Å². The molecule has 6 atom stereocenters. The van der Waals surface area contributed by atoms with E-state index in [1.807, 2.05) is 12.1 Å². The molecule has 1 saturated carbocycles. The van der Waals surface area contributed by atoms with E-state index in [4.69, 9.17) is 19.9 Å². The van der Waals surface area contributed by atoms with E-state index in [0.29, 0.717) is 61.6 Å². The molecular weight excluding hydrogens is 839 g/mol. The minimum atomic E-state index is -1.83. The molecule has 0 radical (unpaired) electrons. The summed E-state index contributed by atoms with van der Waals surface area (Å²) in [6, 6.07) is 14.6. The first-order valence-corrected chi connectivity index (χ1v) is 21.9. The van der Waals surface area contributed by atoms with E-state index >= 15 is 4.79 Å². The maximum absolute atomic E-state index is 15.0. The highest BCUT2D eigenvalue weighted by Gasteiger charge is 2.45. The largest absolute Gasteiger partial charge is 0.507 e. The molecule has 3 aliphatic rings. The van der Waals surface area contributed by atoms with Crippen molar-refractivity contribution in [3.63, 3.8) is 0 Å². The van der Waals surface area contributed by atoms with Gasteiger partial charge >= 0.3 is 5.97 Å². The summed E-state index contributed by atoms with van der Waals surface area (Å²) in [6.45, 7) is 2.26. The highest BCUT2D eigenvalue weighted by Crippen LogP contribution is 2.46. The predicted molar refractivity (Wildman–Crippen MR) is 237 cm³/mol. The van der Waals surface area contributed by atoms with Crippen molar-refractivity contribution in [2.75, 3.05) is 6.54 Å². The number of esters is 1. The Kier molecular flexibility index (Phi) is 14.5. The molecule has 2 aliphatic carbocycles. The standard InChI is InChI=1S/C50H55NO14/c1-26-43(56)47(60)48(61)49(63-26)65-39-23-35-42(44(57)34(39)21-30-11-7-13-37(36(30)25-53)50(62)16-4-3-5-17-50)46(59)40-31(24-52)22-38(64-27(2)54)33(41(40)45(35)58)15-14-28-9-6-10-29(19-28)20-32(55)12-8-18-51/h6-7,9-11,13-15,19,22-23,25-26,32,43,47-49,52,55-57,60-62H,3-5,8,12,16-18,20-21,24,51H2,1-2H3/b15-14-/t26-,32+,43+,47+,48+,49+/m0/s1. The monoisotopic (exact) mass is 893 g/mol. The molecule has 1 aliphatic heterocycles. The summed E-state index contributed by atoms with van der Waals surface area (Å²) in [7, 11) is 0. The predicted octanol–water partition coefficient (Wildman–Crippen LogP) is 4.16. The molecule has 0 aromatic heterocycles. The van der Waals surface area contributed by atoms with Crippen LogP contribution in [0, 0.1) is 0 Å². The van der Waals surface area contributed by atoms with Crippen LogP contribution in [-0.4, -0.2) is 103 Å². The molecule has 15 heteroatoms. The first-order chi connectivity index (χ1) is 31.1. The van der Waals surface area contributed by atoms with E-state index < -0.39 is 77.9 Å².